The zero-order chi connectivity index (χ0) is 20.0. The van der Waals surface area contributed by atoms with Crippen molar-refractivity contribution in [2.45, 2.75) is 30.7 Å². The minimum Gasteiger partial charge on any atom is -0.469 e. The van der Waals surface area contributed by atoms with E-state index in [4.69, 9.17) is 0 Å². The molecule has 0 spiro atoms. The van der Waals surface area contributed by atoms with E-state index < -0.39 is 16.8 Å². The van der Waals surface area contributed by atoms with Crippen LogP contribution in [0.25, 0.3) is 0 Å². The van der Waals surface area contributed by atoms with Gasteiger partial charge in [-0.25, -0.2) is 4.98 Å². The number of anilines is 1. The van der Waals surface area contributed by atoms with E-state index in [1.165, 1.54) is 20.1 Å². The Balaban J connectivity index is 2.04. The van der Waals surface area contributed by atoms with Crippen LogP contribution in [0, 0.1) is 0 Å². The quantitative estimate of drug-likeness (QED) is 0.321. The molecule has 1 atom stereocenters. The molecule has 2 N–H and O–H groups in total. The lowest BCUT2D eigenvalue weighted by molar-refractivity contribution is -0.139. The lowest BCUT2D eigenvalue weighted by Crippen LogP contribution is -2.23. The largest absolute Gasteiger partial charge is 0.469 e. The number of hydrogen-bond donors (Lipinski definition) is 2. The zero-order valence-corrected chi connectivity index (χ0v) is 15.9. The predicted octanol–water partition coefficient (Wildman–Crippen LogP) is 1.81. The molecule has 0 fully saturated rings. The standard InChI is InChI=1S/C18H19N3O5S/c1-10(22)12-4-6-13(7-5-12)19-17(25)11(2)27-18-20-14(8-15(23)21-18)9-16(24)26-3/h4-8,11H,9H2,1-3H3,(H,19,25)(H,20,21,23)/t11-/m0/s1. The number of aromatic nitrogens is 2. The van der Waals surface area contributed by atoms with Gasteiger partial charge in [0.05, 0.1) is 24.5 Å². The number of benzene rings is 1. The third-order valence-electron chi connectivity index (χ3n) is 3.54. The third-order valence-corrected chi connectivity index (χ3v) is 4.53. The minimum atomic E-state index is -0.561. The summed E-state index contributed by atoms with van der Waals surface area (Å²) in [6, 6.07) is 7.75. The van der Waals surface area contributed by atoms with Crippen molar-refractivity contribution in [3.05, 3.63) is 51.9 Å². The highest BCUT2D eigenvalue weighted by Crippen LogP contribution is 2.20. The van der Waals surface area contributed by atoms with Crippen molar-refractivity contribution in [1.29, 1.82) is 0 Å². The summed E-state index contributed by atoms with van der Waals surface area (Å²) < 4.78 is 4.56. The molecule has 0 unspecified atom stereocenters. The molecule has 2 rings (SSSR count). The summed E-state index contributed by atoms with van der Waals surface area (Å²) in [5.41, 5.74) is 0.956. The number of nitrogens with one attached hydrogen (secondary N) is 2. The van der Waals surface area contributed by atoms with E-state index in [0.29, 0.717) is 11.3 Å². The van der Waals surface area contributed by atoms with Crippen LogP contribution in [0.1, 0.15) is 29.9 Å². The highest BCUT2D eigenvalue weighted by Gasteiger charge is 2.17. The second-order valence-corrected chi connectivity index (χ2v) is 7.01. The first-order chi connectivity index (χ1) is 12.8. The SMILES string of the molecule is COC(=O)Cc1cc(=O)[nH]c(S[C@@H](C)C(=O)Nc2ccc(C(C)=O)cc2)n1. The van der Waals surface area contributed by atoms with Gasteiger partial charge in [0.25, 0.3) is 5.56 Å². The van der Waals surface area contributed by atoms with Crippen LogP contribution in [-0.4, -0.2) is 40.0 Å². The molecule has 0 aliphatic carbocycles. The first-order valence-electron chi connectivity index (χ1n) is 8.04. The number of esters is 1. The second kappa shape index (κ2) is 9.13. The van der Waals surface area contributed by atoms with Crippen molar-refractivity contribution < 1.29 is 19.1 Å². The highest BCUT2D eigenvalue weighted by molar-refractivity contribution is 8.00. The third kappa shape index (κ3) is 6.07. The fraction of sp³-hybridized carbons (Fsp3) is 0.278. The summed E-state index contributed by atoms with van der Waals surface area (Å²) in [6.45, 7) is 3.13. The van der Waals surface area contributed by atoms with Crippen molar-refractivity contribution in [3.8, 4) is 0 Å². The van der Waals surface area contributed by atoms with Crippen LogP contribution in [0.15, 0.2) is 40.3 Å². The summed E-state index contributed by atoms with van der Waals surface area (Å²) in [4.78, 5) is 53.4. The van der Waals surface area contributed by atoms with Crippen LogP contribution in [-0.2, 0) is 20.7 Å². The van der Waals surface area contributed by atoms with Crippen molar-refractivity contribution in [2.24, 2.45) is 0 Å². The number of carbonyl (C=O) groups is 3. The van der Waals surface area contributed by atoms with Gasteiger partial charge in [-0.3, -0.25) is 19.2 Å². The van der Waals surface area contributed by atoms with E-state index in [1.807, 2.05) is 0 Å². The maximum Gasteiger partial charge on any atom is 0.311 e. The highest BCUT2D eigenvalue weighted by atomic mass is 32.2. The number of hydrogen-bond acceptors (Lipinski definition) is 7. The van der Waals surface area contributed by atoms with Gasteiger partial charge in [-0.05, 0) is 38.1 Å². The van der Waals surface area contributed by atoms with Gasteiger partial charge < -0.3 is 15.0 Å². The lowest BCUT2D eigenvalue weighted by Gasteiger charge is -2.12. The molecule has 0 aliphatic rings. The smallest absolute Gasteiger partial charge is 0.311 e. The number of carbonyl (C=O) groups excluding carboxylic acids is 3. The van der Waals surface area contributed by atoms with Crippen molar-refractivity contribution in [3.63, 3.8) is 0 Å². The van der Waals surface area contributed by atoms with Gasteiger partial charge in [0, 0.05) is 17.3 Å². The fourth-order valence-electron chi connectivity index (χ4n) is 2.10. The molecule has 0 saturated carbocycles. The van der Waals surface area contributed by atoms with Crippen LogP contribution < -0.4 is 10.9 Å². The summed E-state index contributed by atoms with van der Waals surface area (Å²) in [5.74, 6) is -0.862. The number of aromatic amines is 1. The van der Waals surface area contributed by atoms with E-state index in [9.17, 15) is 19.2 Å². The molecule has 8 nitrogen and oxygen atoms in total. The van der Waals surface area contributed by atoms with Gasteiger partial charge >= 0.3 is 5.97 Å². The first-order valence-corrected chi connectivity index (χ1v) is 8.92. The summed E-state index contributed by atoms with van der Waals surface area (Å²) in [5, 5.41) is 2.40. The number of ether oxygens (including phenoxy) is 1. The molecule has 2 aromatic rings. The molecule has 9 heteroatoms. The Morgan fingerprint density at radius 1 is 1.26 bits per heavy atom. The summed E-state index contributed by atoms with van der Waals surface area (Å²) in [7, 11) is 1.25. The molecule has 1 aromatic carbocycles. The Morgan fingerprint density at radius 3 is 2.52 bits per heavy atom. The van der Waals surface area contributed by atoms with Gasteiger partial charge in [-0.2, -0.15) is 0 Å². The molecule has 1 amide bonds. The van der Waals surface area contributed by atoms with Crippen molar-refractivity contribution >= 4 is 35.1 Å². The molecule has 1 aromatic heterocycles. The van der Waals surface area contributed by atoms with Crippen LogP contribution in [0.5, 0.6) is 0 Å². The van der Waals surface area contributed by atoms with E-state index in [0.717, 1.165) is 11.8 Å². The molecule has 1 heterocycles. The van der Waals surface area contributed by atoms with Crippen molar-refractivity contribution in [1.82, 2.24) is 9.97 Å². The number of ketones is 1. The first kappa shape index (κ1) is 20.4. The van der Waals surface area contributed by atoms with Gasteiger partial charge in [-0.1, -0.05) is 11.8 Å². The maximum atomic E-state index is 12.3. The molecule has 27 heavy (non-hydrogen) atoms. The lowest BCUT2D eigenvalue weighted by atomic mass is 10.1. The second-order valence-electron chi connectivity index (χ2n) is 5.68. The number of amides is 1. The number of H-pyrrole nitrogens is 1. The average molecular weight is 389 g/mol. The maximum absolute atomic E-state index is 12.3. The van der Waals surface area contributed by atoms with Gasteiger partial charge in [0.15, 0.2) is 10.9 Å². The van der Waals surface area contributed by atoms with Crippen LogP contribution in [0.3, 0.4) is 0 Å². The Hall–Kier alpha value is -2.94. The normalized spacial score (nSPS) is 11.5. The summed E-state index contributed by atoms with van der Waals surface area (Å²) in [6.07, 6.45) is -0.128. The van der Waals surface area contributed by atoms with Crippen LogP contribution in [0.2, 0.25) is 0 Å². The fourth-order valence-corrected chi connectivity index (χ4v) is 2.93. The molecule has 0 radical (unpaired) electrons. The summed E-state index contributed by atoms with van der Waals surface area (Å²) >= 11 is 1.06. The Bertz CT molecular complexity index is 908. The average Bonchev–Trinajstić information content (AvgIpc) is 2.61. The number of rotatable bonds is 7. The van der Waals surface area contributed by atoms with E-state index in [1.54, 1.807) is 31.2 Å². The molecular weight excluding hydrogens is 370 g/mol. The van der Waals surface area contributed by atoms with Crippen molar-refractivity contribution in [2.75, 3.05) is 12.4 Å². The Labute approximate surface area is 159 Å². The molecule has 142 valence electrons. The number of thioether (sulfide) groups is 1. The van der Waals surface area contributed by atoms with Gasteiger partial charge in [-0.15, -0.1) is 0 Å². The molecule has 0 aliphatic heterocycles. The topological polar surface area (TPSA) is 118 Å². The molecular formula is C18H19N3O5S. The van der Waals surface area contributed by atoms with Gasteiger partial charge in [0.1, 0.15) is 0 Å². The monoisotopic (exact) mass is 389 g/mol. The zero-order valence-electron chi connectivity index (χ0n) is 15.1. The van der Waals surface area contributed by atoms with Crippen LogP contribution >= 0.6 is 11.8 Å². The van der Waals surface area contributed by atoms with E-state index in [-0.39, 0.29) is 29.0 Å². The number of methoxy groups -OCH3 is 1. The predicted molar refractivity (Wildman–Crippen MR) is 101 cm³/mol. The minimum absolute atomic E-state index is 0.0568. The number of nitrogens with zero attached hydrogens (tertiary/aromatic N) is 1. The molecule has 0 bridgehead atoms. The van der Waals surface area contributed by atoms with E-state index in [2.05, 4.69) is 20.0 Å². The number of Topliss-reactive ketones (excluding diaryl/α,β-unsaturated/α-hetero) is 1. The van der Waals surface area contributed by atoms with Gasteiger partial charge in [0.2, 0.25) is 5.91 Å². The van der Waals surface area contributed by atoms with Crippen LogP contribution in [0.4, 0.5) is 5.69 Å². The molecule has 0 saturated heterocycles. The van der Waals surface area contributed by atoms with E-state index >= 15 is 0 Å². The Kier molecular flexibility index (Phi) is 6.89. The Morgan fingerprint density at radius 2 is 1.93 bits per heavy atom.